The van der Waals surface area contributed by atoms with Crippen LogP contribution < -0.4 is 4.72 Å². The van der Waals surface area contributed by atoms with Crippen molar-refractivity contribution in [3.8, 4) is 0 Å². The van der Waals surface area contributed by atoms with Gasteiger partial charge in [0.1, 0.15) is 0 Å². The molecule has 1 aliphatic rings. The third-order valence-corrected chi connectivity index (χ3v) is 6.34. The Labute approximate surface area is 168 Å². The number of nitrogens with one attached hydrogen (secondary N) is 1. The van der Waals surface area contributed by atoms with Gasteiger partial charge in [0, 0.05) is 15.6 Å². The van der Waals surface area contributed by atoms with Crippen molar-refractivity contribution in [1.82, 2.24) is 0 Å². The molecule has 27 heavy (non-hydrogen) atoms. The van der Waals surface area contributed by atoms with Crippen molar-refractivity contribution in [2.75, 3.05) is 11.0 Å². The average molecular weight is 416 g/mol. The molecule has 3 nitrogen and oxygen atoms in total. The Morgan fingerprint density at radius 2 is 1.93 bits per heavy atom. The minimum atomic E-state index is -3.31. The number of fused-ring (bicyclic) bond motifs is 2. The van der Waals surface area contributed by atoms with Gasteiger partial charge >= 0.3 is 0 Å². The summed E-state index contributed by atoms with van der Waals surface area (Å²) in [5.41, 5.74) is 6.30. The number of thiophene rings is 1. The van der Waals surface area contributed by atoms with E-state index < -0.39 is 10.0 Å². The van der Waals surface area contributed by atoms with Gasteiger partial charge in [0.15, 0.2) is 0 Å². The lowest BCUT2D eigenvalue weighted by Gasteiger charge is -2.11. The van der Waals surface area contributed by atoms with E-state index in [0.29, 0.717) is 5.69 Å². The molecule has 0 unspecified atom stereocenters. The third-order valence-electron chi connectivity index (χ3n) is 4.52. The standard InChI is InChI=1S/C21H18ClNO2S2/c1-27(24,25)23-17-4-2-3-14(11-17)12-20-18-7-6-16(22)13-15(18)5-8-21-19(20)9-10-26-21/h2-4,6-7,9-13,23H,5,8H2,1H3/b20-12+. The maximum absolute atomic E-state index is 11.5. The molecule has 1 aliphatic carbocycles. The van der Waals surface area contributed by atoms with Crippen LogP contribution in [0.3, 0.4) is 0 Å². The Kier molecular flexibility index (Phi) is 4.84. The molecule has 1 heterocycles. The summed E-state index contributed by atoms with van der Waals surface area (Å²) < 4.78 is 25.6. The molecule has 0 saturated carbocycles. The highest BCUT2D eigenvalue weighted by atomic mass is 35.5. The van der Waals surface area contributed by atoms with Gasteiger partial charge in [-0.25, -0.2) is 8.42 Å². The van der Waals surface area contributed by atoms with Gasteiger partial charge in [0.05, 0.1) is 6.26 Å². The molecule has 3 aromatic rings. The van der Waals surface area contributed by atoms with Crippen molar-refractivity contribution in [1.29, 1.82) is 0 Å². The fourth-order valence-corrected chi connectivity index (χ4v) is 5.07. The molecule has 6 heteroatoms. The molecule has 138 valence electrons. The van der Waals surface area contributed by atoms with E-state index in [0.717, 1.165) is 35.3 Å². The summed E-state index contributed by atoms with van der Waals surface area (Å²) in [6.07, 6.45) is 5.22. The predicted molar refractivity (Wildman–Crippen MR) is 115 cm³/mol. The van der Waals surface area contributed by atoms with Gasteiger partial charge < -0.3 is 0 Å². The van der Waals surface area contributed by atoms with Crippen molar-refractivity contribution < 1.29 is 8.42 Å². The Bertz CT molecular complexity index is 1150. The Hall–Kier alpha value is -2.08. The van der Waals surface area contributed by atoms with Gasteiger partial charge in [0.25, 0.3) is 0 Å². The number of rotatable bonds is 3. The summed E-state index contributed by atoms with van der Waals surface area (Å²) in [7, 11) is -3.31. The molecular formula is C21H18ClNO2S2. The molecule has 1 aromatic heterocycles. The van der Waals surface area contributed by atoms with Crippen molar-refractivity contribution >= 4 is 50.3 Å². The van der Waals surface area contributed by atoms with E-state index in [1.165, 1.54) is 21.6 Å². The fraction of sp³-hybridized carbons (Fsp3) is 0.143. The normalized spacial score (nSPS) is 15.1. The van der Waals surface area contributed by atoms with Crippen LogP contribution in [0.1, 0.15) is 27.1 Å². The van der Waals surface area contributed by atoms with Crippen LogP contribution in [0.2, 0.25) is 5.02 Å². The van der Waals surface area contributed by atoms with Crippen LogP contribution in [0.5, 0.6) is 0 Å². The van der Waals surface area contributed by atoms with Gasteiger partial charge in [-0.2, -0.15) is 0 Å². The second kappa shape index (κ2) is 7.15. The van der Waals surface area contributed by atoms with Crippen LogP contribution in [-0.2, 0) is 22.9 Å². The summed E-state index contributed by atoms with van der Waals surface area (Å²) in [4.78, 5) is 1.36. The number of aryl methyl sites for hydroxylation is 2. The monoisotopic (exact) mass is 415 g/mol. The zero-order valence-corrected chi connectivity index (χ0v) is 17.1. The molecule has 0 fully saturated rings. The third kappa shape index (κ3) is 4.10. The van der Waals surface area contributed by atoms with Gasteiger partial charge in [-0.3, -0.25) is 4.72 Å². The summed E-state index contributed by atoms with van der Waals surface area (Å²) >= 11 is 8.00. The van der Waals surface area contributed by atoms with Crippen LogP contribution in [0.4, 0.5) is 5.69 Å². The van der Waals surface area contributed by atoms with Crippen molar-refractivity contribution in [2.24, 2.45) is 0 Å². The topological polar surface area (TPSA) is 46.2 Å². The maximum Gasteiger partial charge on any atom is 0.229 e. The van der Waals surface area contributed by atoms with E-state index in [4.69, 9.17) is 11.6 Å². The molecule has 0 saturated heterocycles. The Balaban J connectivity index is 1.85. The van der Waals surface area contributed by atoms with Gasteiger partial charge in [-0.1, -0.05) is 29.8 Å². The molecule has 0 aliphatic heterocycles. The second-order valence-corrected chi connectivity index (χ2v) is 9.80. The van der Waals surface area contributed by atoms with E-state index in [2.05, 4.69) is 28.3 Å². The Morgan fingerprint density at radius 3 is 2.74 bits per heavy atom. The van der Waals surface area contributed by atoms with Crippen LogP contribution in [0, 0.1) is 0 Å². The highest BCUT2D eigenvalue weighted by Gasteiger charge is 2.19. The molecule has 0 spiro atoms. The summed E-state index contributed by atoms with van der Waals surface area (Å²) in [5, 5.41) is 2.87. The predicted octanol–water partition coefficient (Wildman–Crippen LogP) is 5.46. The molecule has 4 rings (SSSR count). The van der Waals surface area contributed by atoms with Crippen LogP contribution in [0.15, 0.2) is 53.9 Å². The molecular weight excluding hydrogens is 398 g/mol. The number of halogens is 1. The van der Waals surface area contributed by atoms with Gasteiger partial charge in [-0.15, -0.1) is 11.3 Å². The first-order chi connectivity index (χ1) is 12.9. The average Bonchev–Trinajstić information content (AvgIpc) is 3.00. The Morgan fingerprint density at radius 1 is 1.07 bits per heavy atom. The van der Waals surface area contributed by atoms with Crippen LogP contribution in [-0.4, -0.2) is 14.7 Å². The molecule has 1 N–H and O–H groups in total. The quantitative estimate of drug-likeness (QED) is 0.617. The first-order valence-electron chi connectivity index (χ1n) is 8.54. The summed E-state index contributed by atoms with van der Waals surface area (Å²) in [6.45, 7) is 0. The SMILES string of the molecule is CS(=O)(=O)Nc1cccc(/C=C2\c3ccc(Cl)cc3CCc3sccc32)c1. The minimum Gasteiger partial charge on any atom is -0.284 e. The molecule has 2 aromatic carbocycles. The van der Waals surface area contributed by atoms with E-state index in [1.807, 2.05) is 30.3 Å². The highest BCUT2D eigenvalue weighted by Crippen LogP contribution is 2.38. The van der Waals surface area contributed by atoms with E-state index >= 15 is 0 Å². The number of anilines is 1. The smallest absolute Gasteiger partial charge is 0.229 e. The van der Waals surface area contributed by atoms with Gasteiger partial charge in [-0.05, 0) is 82.5 Å². The van der Waals surface area contributed by atoms with E-state index in [1.54, 1.807) is 17.4 Å². The maximum atomic E-state index is 11.5. The van der Waals surface area contributed by atoms with Crippen molar-refractivity contribution in [3.63, 3.8) is 0 Å². The zero-order chi connectivity index (χ0) is 19.0. The number of sulfonamides is 1. The number of hydrogen-bond acceptors (Lipinski definition) is 3. The number of benzene rings is 2. The first kappa shape index (κ1) is 18.3. The van der Waals surface area contributed by atoms with Crippen LogP contribution in [0.25, 0.3) is 11.6 Å². The minimum absolute atomic E-state index is 0.558. The van der Waals surface area contributed by atoms with Gasteiger partial charge in [0.2, 0.25) is 10.0 Å². The van der Waals surface area contributed by atoms with Crippen molar-refractivity contribution in [3.05, 3.63) is 86.1 Å². The van der Waals surface area contributed by atoms with E-state index in [9.17, 15) is 8.42 Å². The molecule has 0 amide bonds. The molecule has 0 bridgehead atoms. The van der Waals surface area contributed by atoms with Crippen LogP contribution >= 0.6 is 22.9 Å². The second-order valence-electron chi connectivity index (χ2n) is 6.62. The summed E-state index contributed by atoms with van der Waals surface area (Å²) in [6, 6.07) is 15.6. The lowest BCUT2D eigenvalue weighted by Crippen LogP contribution is -2.09. The first-order valence-corrected chi connectivity index (χ1v) is 11.7. The van der Waals surface area contributed by atoms with E-state index in [-0.39, 0.29) is 0 Å². The fourth-order valence-electron chi connectivity index (χ4n) is 3.43. The molecule has 0 atom stereocenters. The highest BCUT2D eigenvalue weighted by molar-refractivity contribution is 7.92. The lowest BCUT2D eigenvalue weighted by atomic mass is 9.94. The lowest BCUT2D eigenvalue weighted by molar-refractivity contribution is 0.607. The number of hydrogen-bond donors (Lipinski definition) is 1. The zero-order valence-electron chi connectivity index (χ0n) is 14.7. The molecule has 0 radical (unpaired) electrons. The summed E-state index contributed by atoms with van der Waals surface area (Å²) in [5.74, 6) is 0. The largest absolute Gasteiger partial charge is 0.284 e. The van der Waals surface area contributed by atoms with Crippen molar-refractivity contribution in [2.45, 2.75) is 12.8 Å².